The Morgan fingerprint density at radius 2 is 1.93 bits per heavy atom. The summed E-state index contributed by atoms with van der Waals surface area (Å²) < 4.78 is 16.1. The van der Waals surface area contributed by atoms with Gasteiger partial charge in [0.15, 0.2) is 11.5 Å². The molecule has 0 unspecified atom stereocenters. The Bertz CT molecular complexity index is 965. The van der Waals surface area contributed by atoms with E-state index in [0.29, 0.717) is 22.1 Å². The lowest BCUT2D eigenvalue weighted by Gasteiger charge is -2.08. The largest absolute Gasteiger partial charge is 0.493 e. The first-order chi connectivity index (χ1) is 13.5. The minimum atomic E-state index is -0.383. The first-order valence-corrected chi connectivity index (χ1v) is 10.6. The number of carbonyl (C=O) groups excluding carboxylic acids is 1. The molecule has 0 spiro atoms. The number of methoxy groups -OCH3 is 2. The predicted molar refractivity (Wildman–Crippen MR) is 111 cm³/mol. The van der Waals surface area contributed by atoms with Crippen LogP contribution in [-0.4, -0.2) is 30.2 Å². The van der Waals surface area contributed by atoms with Crippen molar-refractivity contribution < 1.29 is 19.0 Å². The van der Waals surface area contributed by atoms with Crippen molar-refractivity contribution in [2.45, 2.75) is 33.3 Å². The maximum absolute atomic E-state index is 12.5. The third kappa shape index (κ3) is 4.51. The first kappa shape index (κ1) is 20.3. The van der Waals surface area contributed by atoms with Crippen LogP contribution in [0.25, 0.3) is 10.6 Å². The number of aryl methyl sites for hydroxylation is 2. The van der Waals surface area contributed by atoms with Gasteiger partial charge in [0.25, 0.3) is 0 Å². The molecule has 0 amide bonds. The van der Waals surface area contributed by atoms with Crippen molar-refractivity contribution in [3.8, 4) is 22.1 Å². The third-order valence-corrected chi connectivity index (χ3v) is 6.17. The first-order valence-electron chi connectivity index (χ1n) is 8.86. The van der Waals surface area contributed by atoms with Crippen LogP contribution in [0.15, 0.2) is 23.6 Å². The summed E-state index contributed by atoms with van der Waals surface area (Å²) in [5.74, 6) is 0.875. The SMILES string of the molecule is CCCc1nc(COC(=O)c2sc(-c3ccc(OC)c(OC)c3)nc2C)cs1. The number of nitrogens with zero attached hydrogens (tertiary/aromatic N) is 2. The van der Waals surface area contributed by atoms with Crippen molar-refractivity contribution in [2.24, 2.45) is 0 Å². The Morgan fingerprint density at radius 3 is 2.64 bits per heavy atom. The van der Waals surface area contributed by atoms with Crippen LogP contribution in [0.1, 0.15) is 39.4 Å². The van der Waals surface area contributed by atoms with Crippen LogP contribution in [0.2, 0.25) is 0 Å². The summed E-state index contributed by atoms with van der Waals surface area (Å²) in [6, 6.07) is 5.55. The molecule has 0 aliphatic rings. The zero-order chi connectivity index (χ0) is 20.1. The van der Waals surface area contributed by atoms with E-state index in [1.807, 2.05) is 23.6 Å². The molecular formula is C20H22N2O4S2. The average Bonchev–Trinajstić information content (AvgIpc) is 3.32. The molecule has 1 aromatic carbocycles. The summed E-state index contributed by atoms with van der Waals surface area (Å²) in [6.07, 6.45) is 1.99. The quantitative estimate of drug-likeness (QED) is 0.485. The molecule has 28 heavy (non-hydrogen) atoms. The van der Waals surface area contributed by atoms with Crippen molar-refractivity contribution in [1.82, 2.24) is 9.97 Å². The van der Waals surface area contributed by atoms with Gasteiger partial charge in [-0.1, -0.05) is 6.92 Å². The second-order valence-corrected chi connectivity index (χ2v) is 8.00. The zero-order valence-corrected chi connectivity index (χ0v) is 17.9. The highest BCUT2D eigenvalue weighted by molar-refractivity contribution is 7.17. The van der Waals surface area contributed by atoms with E-state index < -0.39 is 0 Å². The highest BCUT2D eigenvalue weighted by atomic mass is 32.1. The van der Waals surface area contributed by atoms with Gasteiger partial charge in [0.1, 0.15) is 16.5 Å². The van der Waals surface area contributed by atoms with Crippen LogP contribution < -0.4 is 9.47 Å². The Hall–Kier alpha value is -2.45. The molecule has 0 bridgehead atoms. The molecule has 0 saturated carbocycles. The molecular weight excluding hydrogens is 396 g/mol. The molecule has 2 aromatic heterocycles. The van der Waals surface area contributed by atoms with Crippen LogP contribution in [0.4, 0.5) is 0 Å². The minimum absolute atomic E-state index is 0.169. The summed E-state index contributed by atoms with van der Waals surface area (Å²) in [7, 11) is 3.18. The summed E-state index contributed by atoms with van der Waals surface area (Å²) in [5.41, 5.74) is 2.28. The fraction of sp³-hybridized carbons (Fsp3) is 0.350. The summed E-state index contributed by atoms with van der Waals surface area (Å²) in [5, 5.41) is 3.73. The van der Waals surface area contributed by atoms with E-state index in [1.165, 1.54) is 11.3 Å². The molecule has 0 radical (unpaired) electrons. The highest BCUT2D eigenvalue weighted by Crippen LogP contribution is 2.35. The number of benzene rings is 1. The number of esters is 1. The van der Waals surface area contributed by atoms with Gasteiger partial charge in [0.05, 0.1) is 30.6 Å². The average molecular weight is 419 g/mol. The second-order valence-electron chi connectivity index (χ2n) is 6.06. The lowest BCUT2D eigenvalue weighted by atomic mass is 10.2. The molecule has 3 rings (SSSR count). The number of thiazole rings is 2. The van der Waals surface area contributed by atoms with Gasteiger partial charge < -0.3 is 14.2 Å². The molecule has 148 valence electrons. The molecule has 0 aliphatic heterocycles. The molecule has 0 atom stereocenters. The van der Waals surface area contributed by atoms with Crippen molar-refractivity contribution >= 4 is 28.6 Å². The van der Waals surface area contributed by atoms with Gasteiger partial charge in [0, 0.05) is 10.9 Å². The van der Waals surface area contributed by atoms with Crippen LogP contribution in [0.5, 0.6) is 11.5 Å². The van der Waals surface area contributed by atoms with Crippen molar-refractivity contribution in [3.05, 3.63) is 44.9 Å². The lowest BCUT2D eigenvalue weighted by Crippen LogP contribution is -2.05. The van der Waals surface area contributed by atoms with Crippen LogP contribution in [0, 0.1) is 6.92 Å². The van der Waals surface area contributed by atoms with Crippen molar-refractivity contribution in [1.29, 1.82) is 0 Å². The molecule has 8 heteroatoms. The summed E-state index contributed by atoms with van der Waals surface area (Å²) in [6.45, 7) is 4.09. The number of aromatic nitrogens is 2. The molecule has 0 N–H and O–H groups in total. The number of ether oxygens (including phenoxy) is 3. The Labute approximate surface area is 172 Å². The van der Waals surface area contributed by atoms with E-state index in [1.54, 1.807) is 32.5 Å². The molecule has 3 aromatic rings. The van der Waals surface area contributed by atoms with Gasteiger partial charge in [-0.3, -0.25) is 0 Å². The molecule has 2 heterocycles. The summed E-state index contributed by atoms with van der Waals surface area (Å²) >= 11 is 2.90. The van der Waals surface area contributed by atoms with E-state index >= 15 is 0 Å². The maximum Gasteiger partial charge on any atom is 0.350 e. The molecule has 6 nitrogen and oxygen atoms in total. The van der Waals surface area contributed by atoms with Gasteiger partial charge in [-0.15, -0.1) is 22.7 Å². The highest BCUT2D eigenvalue weighted by Gasteiger charge is 2.19. The van der Waals surface area contributed by atoms with E-state index in [2.05, 4.69) is 16.9 Å². The van der Waals surface area contributed by atoms with Crippen molar-refractivity contribution in [2.75, 3.05) is 14.2 Å². The molecule has 0 saturated heterocycles. The normalized spacial score (nSPS) is 10.7. The zero-order valence-electron chi connectivity index (χ0n) is 16.3. The summed E-state index contributed by atoms with van der Waals surface area (Å²) in [4.78, 5) is 22.0. The van der Waals surface area contributed by atoms with Gasteiger partial charge in [-0.05, 0) is 38.0 Å². The predicted octanol–water partition coefficient (Wildman–Crippen LogP) is 4.90. The Kier molecular flexibility index (Phi) is 6.64. The van der Waals surface area contributed by atoms with Gasteiger partial charge in [0.2, 0.25) is 0 Å². The minimum Gasteiger partial charge on any atom is -0.493 e. The topological polar surface area (TPSA) is 70.5 Å². The van der Waals surface area contributed by atoms with Crippen LogP contribution in [-0.2, 0) is 17.8 Å². The standard InChI is InChI=1S/C20H22N2O4S2/c1-5-6-17-22-14(11-27-17)10-26-20(23)18-12(2)21-19(28-18)13-7-8-15(24-3)16(9-13)25-4/h7-9,11H,5-6,10H2,1-4H3. The van der Waals surface area contributed by atoms with Gasteiger partial charge in [-0.2, -0.15) is 0 Å². The van der Waals surface area contributed by atoms with E-state index in [4.69, 9.17) is 14.2 Å². The van der Waals surface area contributed by atoms with E-state index in [-0.39, 0.29) is 12.6 Å². The second kappa shape index (κ2) is 9.16. The van der Waals surface area contributed by atoms with Crippen molar-refractivity contribution in [3.63, 3.8) is 0 Å². The fourth-order valence-electron chi connectivity index (χ4n) is 2.63. The smallest absolute Gasteiger partial charge is 0.350 e. The number of rotatable bonds is 8. The maximum atomic E-state index is 12.5. The number of hydrogen-bond acceptors (Lipinski definition) is 8. The van der Waals surface area contributed by atoms with Gasteiger partial charge in [-0.25, -0.2) is 14.8 Å². The fourth-order valence-corrected chi connectivity index (χ4v) is 4.47. The number of carbonyl (C=O) groups is 1. The van der Waals surface area contributed by atoms with Crippen LogP contribution in [0.3, 0.4) is 0 Å². The molecule has 0 fully saturated rings. The van der Waals surface area contributed by atoms with E-state index in [9.17, 15) is 4.79 Å². The third-order valence-electron chi connectivity index (χ3n) is 4.03. The number of hydrogen-bond donors (Lipinski definition) is 0. The van der Waals surface area contributed by atoms with E-state index in [0.717, 1.165) is 34.1 Å². The Morgan fingerprint density at radius 1 is 1.14 bits per heavy atom. The lowest BCUT2D eigenvalue weighted by molar-refractivity contribution is 0.0473. The molecule has 0 aliphatic carbocycles. The monoisotopic (exact) mass is 418 g/mol. The van der Waals surface area contributed by atoms with Gasteiger partial charge >= 0.3 is 5.97 Å². The van der Waals surface area contributed by atoms with Crippen LogP contribution >= 0.6 is 22.7 Å². The Balaban J connectivity index is 1.73.